The second-order valence-corrected chi connectivity index (χ2v) is 7.87. The second kappa shape index (κ2) is 6.30. The van der Waals surface area contributed by atoms with Crippen molar-refractivity contribution in [2.24, 2.45) is 0 Å². The van der Waals surface area contributed by atoms with Crippen LogP contribution in [0.1, 0.15) is 41.1 Å². The third kappa shape index (κ3) is 2.76. The van der Waals surface area contributed by atoms with Gasteiger partial charge < -0.3 is 9.80 Å². The van der Waals surface area contributed by atoms with E-state index in [1.165, 1.54) is 0 Å². The topological polar surface area (TPSA) is 40.6 Å². The van der Waals surface area contributed by atoms with Crippen molar-refractivity contribution in [3.8, 4) is 0 Å². The van der Waals surface area contributed by atoms with E-state index in [4.69, 9.17) is 0 Å². The van der Waals surface area contributed by atoms with E-state index in [9.17, 15) is 9.59 Å². The molecule has 0 bridgehead atoms. The number of carbonyl (C=O) groups excluding carboxylic acids is 2. The monoisotopic (exact) mass is 354 g/mol. The third-order valence-corrected chi connectivity index (χ3v) is 6.56. The van der Waals surface area contributed by atoms with Gasteiger partial charge in [0.05, 0.1) is 11.5 Å². The summed E-state index contributed by atoms with van der Waals surface area (Å²) >= 11 is 1.55. The smallest absolute Gasteiger partial charge is 0.254 e. The number of hydrogen-bond donors (Lipinski definition) is 0. The highest BCUT2D eigenvalue weighted by atomic mass is 32.1. The molecule has 130 valence electrons. The van der Waals surface area contributed by atoms with E-state index in [1.807, 2.05) is 64.0 Å². The standard InChI is InChI=1S/C20H22N2O2S/c1-21-19(24)17(15-5-3-2-4-6-15)13-20(21)8-10-22(11-9-20)18(23)16-7-12-25-14-16/h2-7,12,14,17H,8-11,13H2,1H3/t17-/m1/s1. The van der Waals surface area contributed by atoms with Crippen LogP contribution in [0.2, 0.25) is 0 Å². The Morgan fingerprint density at radius 2 is 1.88 bits per heavy atom. The first kappa shape index (κ1) is 16.3. The lowest BCUT2D eigenvalue weighted by molar-refractivity contribution is -0.131. The maximum Gasteiger partial charge on any atom is 0.254 e. The Balaban J connectivity index is 1.49. The number of amides is 2. The Labute approximate surface area is 152 Å². The van der Waals surface area contributed by atoms with Gasteiger partial charge in [0.2, 0.25) is 5.91 Å². The van der Waals surface area contributed by atoms with Gasteiger partial charge in [0.25, 0.3) is 5.91 Å². The maximum absolute atomic E-state index is 12.8. The first-order valence-corrected chi connectivity index (χ1v) is 9.69. The molecule has 0 unspecified atom stereocenters. The number of likely N-dealkylation sites (N-methyl/N-ethyl adjacent to an activating group) is 1. The molecule has 2 aliphatic rings. The van der Waals surface area contributed by atoms with Crippen LogP contribution in [0, 0.1) is 0 Å². The fraction of sp³-hybridized carbons (Fsp3) is 0.400. The van der Waals surface area contributed by atoms with Gasteiger partial charge in [-0.1, -0.05) is 30.3 Å². The molecule has 0 aliphatic carbocycles. The van der Waals surface area contributed by atoms with E-state index in [-0.39, 0.29) is 23.3 Å². The van der Waals surface area contributed by atoms with Crippen LogP contribution >= 0.6 is 11.3 Å². The predicted molar refractivity (Wildman–Crippen MR) is 98.8 cm³/mol. The second-order valence-electron chi connectivity index (χ2n) is 7.09. The highest BCUT2D eigenvalue weighted by molar-refractivity contribution is 7.08. The number of hydrogen-bond acceptors (Lipinski definition) is 3. The average molecular weight is 354 g/mol. The molecular weight excluding hydrogens is 332 g/mol. The Kier molecular flexibility index (Phi) is 4.12. The lowest BCUT2D eigenvalue weighted by atomic mass is 9.81. The summed E-state index contributed by atoms with van der Waals surface area (Å²) in [5, 5.41) is 3.84. The van der Waals surface area contributed by atoms with Crippen molar-refractivity contribution in [1.29, 1.82) is 0 Å². The molecule has 2 amide bonds. The molecule has 4 rings (SSSR count). The van der Waals surface area contributed by atoms with Crippen molar-refractivity contribution < 1.29 is 9.59 Å². The number of piperidine rings is 1. The minimum atomic E-state index is -0.108. The number of rotatable bonds is 2. The van der Waals surface area contributed by atoms with Crippen LogP contribution < -0.4 is 0 Å². The summed E-state index contributed by atoms with van der Waals surface area (Å²) in [6, 6.07) is 12.0. The minimum absolute atomic E-state index is 0.0506. The average Bonchev–Trinajstić information content (AvgIpc) is 3.27. The molecule has 3 heterocycles. The predicted octanol–water partition coefficient (Wildman–Crippen LogP) is 3.37. The number of thiophene rings is 1. The van der Waals surface area contributed by atoms with E-state index in [0.717, 1.165) is 30.4 Å². The summed E-state index contributed by atoms with van der Waals surface area (Å²) in [4.78, 5) is 29.3. The zero-order valence-electron chi connectivity index (χ0n) is 14.4. The van der Waals surface area contributed by atoms with Crippen molar-refractivity contribution >= 4 is 23.2 Å². The third-order valence-electron chi connectivity index (χ3n) is 5.88. The zero-order valence-corrected chi connectivity index (χ0v) is 15.2. The van der Waals surface area contributed by atoms with E-state index < -0.39 is 0 Å². The van der Waals surface area contributed by atoms with Crippen LogP contribution in [-0.4, -0.2) is 47.3 Å². The molecule has 2 aromatic rings. The fourth-order valence-corrected chi connectivity index (χ4v) is 4.88. The Morgan fingerprint density at radius 3 is 2.52 bits per heavy atom. The Morgan fingerprint density at radius 1 is 1.16 bits per heavy atom. The number of carbonyl (C=O) groups is 2. The summed E-state index contributed by atoms with van der Waals surface area (Å²) in [6.07, 6.45) is 2.57. The summed E-state index contributed by atoms with van der Waals surface area (Å²) in [5.41, 5.74) is 1.77. The largest absolute Gasteiger partial charge is 0.339 e. The van der Waals surface area contributed by atoms with E-state index in [1.54, 1.807) is 11.3 Å². The number of likely N-dealkylation sites (tertiary alicyclic amines) is 2. The van der Waals surface area contributed by atoms with Gasteiger partial charge in [-0.3, -0.25) is 9.59 Å². The lowest BCUT2D eigenvalue weighted by Gasteiger charge is -2.43. The summed E-state index contributed by atoms with van der Waals surface area (Å²) in [6.45, 7) is 1.43. The first-order chi connectivity index (χ1) is 12.1. The van der Waals surface area contributed by atoms with Gasteiger partial charge in [-0.25, -0.2) is 0 Å². The normalized spacial score (nSPS) is 22.6. The van der Waals surface area contributed by atoms with E-state index in [2.05, 4.69) is 0 Å². The molecule has 1 aromatic heterocycles. The highest BCUT2D eigenvalue weighted by Crippen LogP contribution is 2.44. The van der Waals surface area contributed by atoms with Crippen molar-refractivity contribution in [2.75, 3.05) is 20.1 Å². The molecule has 25 heavy (non-hydrogen) atoms. The fourth-order valence-electron chi connectivity index (χ4n) is 4.25. The molecule has 0 radical (unpaired) electrons. The van der Waals surface area contributed by atoms with Crippen molar-refractivity contribution in [1.82, 2.24) is 9.80 Å². The SMILES string of the molecule is CN1C(=O)[C@@H](c2ccccc2)CC12CCN(C(=O)c1ccsc1)CC2. The number of benzene rings is 1. The van der Waals surface area contributed by atoms with Gasteiger partial charge in [0.1, 0.15) is 0 Å². The van der Waals surface area contributed by atoms with Crippen LogP contribution in [0.3, 0.4) is 0 Å². The van der Waals surface area contributed by atoms with Gasteiger partial charge in [0, 0.05) is 31.1 Å². The van der Waals surface area contributed by atoms with Crippen molar-refractivity contribution in [3.63, 3.8) is 0 Å². The molecular formula is C20H22N2O2S. The van der Waals surface area contributed by atoms with Crippen LogP contribution in [0.25, 0.3) is 0 Å². The molecule has 2 saturated heterocycles. The van der Waals surface area contributed by atoms with Gasteiger partial charge >= 0.3 is 0 Å². The molecule has 0 saturated carbocycles. The Hall–Kier alpha value is -2.14. The zero-order chi connectivity index (χ0) is 17.4. The minimum Gasteiger partial charge on any atom is -0.339 e. The molecule has 0 N–H and O–H groups in total. The van der Waals surface area contributed by atoms with E-state index in [0.29, 0.717) is 13.1 Å². The molecule has 1 aromatic carbocycles. The molecule has 2 fully saturated rings. The molecule has 1 atom stereocenters. The van der Waals surface area contributed by atoms with E-state index >= 15 is 0 Å². The van der Waals surface area contributed by atoms with Crippen molar-refractivity contribution in [2.45, 2.75) is 30.7 Å². The Bertz CT molecular complexity index is 764. The summed E-state index contributed by atoms with van der Waals surface area (Å²) < 4.78 is 0. The molecule has 5 heteroatoms. The van der Waals surface area contributed by atoms with Crippen LogP contribution in [0.4, 0.5) is 0 Å². The molecule has 4 nitrogen and oxygen atoms in total. The summed E-state index contributed by atoms with van der Waals surface area (Å²) in [7, 11) is 1.93. The quantitative estimate of drug-likeness (QED) is 0.830. The van der Waals surface area contributed by atoms with Gasteiger partial charge in [-0.15, -0.1) is 0 Å². The van der Waals surface area contributed by atoms with Gasteiger partial charge in [-0.2, -0.15) is 11.3 Å². The highest BCUT2D eigenvalue weighted by Gasteiger charge is 2.50. The van der Waals surface area contributed by atoms with Crippen molar-refractivity contribution in [3.05, 3.63) is 58.3 Å². The van der Waals surface area contributed by atoms with Gasteiger partial charge in [0.15, 0.2) is 0 Å². The summed E-state index contributed by atoms with van der Waals surface area (Å²) in [5.74, 6) is 0.275. The van der Waals surface area contributed by atoms with Crippen LogP contribution in [-0.2, 0) is 4.79 Å². The maximum atomic E-state index is 12.8. The van der Waals surface area contributed by atoms with Crippen LogP contribution in [0.15, 0.2) is 47.2 Å². The first-order valence-electron chi connectivity index (χ1n) is 8.75. The molecule has 1 spiro atoms. The molecule has 2 aliphatic heterocycles. The lowest BCUT2D eigenvalue weighted by Crippen LogP contribution is -2.52. The number of nitrogens with zero attached hydrogens (tertiary/aromatic N) is 2. The van der Waals surface area contributed by atoms with Gasteiger partial charge in [-0.05, 0) is 36.3 Å². The van der Waals surface area contributed by atoms with Crippen LogP contribution in [0.5, 0.6) is 0 Å².